The van der Waals surface area contributed by atoms with Gasteiger partial charge in [-0.25, -0.2) is 4.79 Å². The maximum absolute atomic E-state index is 12.6. The van der Waals surface area contributed by atoms with E-state index in [4.69, 9.17) is 8.92 Å². The molecule has 1 N–H and O–H groups in total. The van der Waals surface area contributed by atoms with Gasteiger partial charge in [-0.1, -0.05) is 78.9 Å². The first-order valence-corrected chi connectivity index (χ1v) is 12.3. The molecule has 34 heavy (non-hydrogen) atoms. The summed E-state index contributed by atoms with van der Waals surface area (Å²) in [6, 6.07) is 24.1. The van der Waals surface area contributed by atoms with Crippen molar-refractivity contribution < 1.29 is 27.2 Å². The molecule has 0 aliphatic heterocycles. The molecule has 0 spiro atoms. The van der Waals surface area contributed by atoms with Gasteiger partial charge in [0.2, 0.25) is 0 Å². The molecule has 0 radical (unpaired) electrons. The number of esters is 1. The third kappa shape index (κ3) is 6.87. The molecule has 0 saturated heterocycles. The van der Waals surface area contributed by atoms with Crippen LogP contribution in [0.25, 0.3) is 0 Å². The first-order valence-electron chi connectivity index (χ1n) is 10.9. The zero-order chi connectivity index (χ0) is 24.6. The van der Waals surface area contributed by atoms with Gasteiger partial charge in [-0.15, -0.1) is 0 Å². The second kappa shape index (κ2) is 11.7. The van der Waals surface area contributed by atoms with Crippen LogP contribution < -0.4 is 0 Å². The number of benzene rings is 3. The van der Waals surface area contributed by atoms with Crippen molar-refractivity contribution in [1.29, 1.82) is 0 Å². The van der Waals surface area contributed by atoms with Crippen LogP contribution in [0.2, 0.25) is 0 Å². The first kappa shape index (κ1) is 25.4. The Kier molecular flexibility index (Phi) is 8.76. The summed E-state index contributed by atoms with van der Waals surface area (Å²) in [4.78, 5) is 12.6. The van der Waals surface area contributed by atoms with E-state index in [1.165, 1.54) is 18.2 Å². The highest BCUT2D eigenvalue weighted by Crippen LogP contribution is 2.23. The van der Waals surface area contributed by atoms with Gasteiger partial charge in [0.1, 0.15) is 6.10 Å². The average molecular weight is 481 g/mol. The third-order valence-electron chi connectivity index (χ3n) is 5.42. The molecule has 0 unspecified atom stereocenters. The Bertz CT molecular complexity index is 1170. The first-order chi connectivity index (χ1) is 16.3. The fraction of sp³-hybridized carbons (Fsp3) is 0.222. The molecular formula is C27H28O6S. The number of ether oxygens (including phenoxy) is 1. The average Bonchev–Trinajstić information content (AvgIpc) is 2.86. The zero-order valence-electron chi connectivity index (χ0n) is 18.9. The van der Waals surface area contributed by atoms with Crippen LogP contribution in [-0.4, -0.2) is 38.3 Å². The van der Waals surface area contributed by atoms with Crippen molar-refractivity contribution in [3.63, 3.8) is 0 Å². The number of rotatable bonds is 11. The van der Waals surface area contributed by atoms with Gasteiger partial charge in [0, 0.05) is 5.92 Å². The second-order valence-corrected chi connectivity index (χ2v) is 9.56. The van der Waals surface area contributed by atoms with E-state index in [1.807, 2.05) is 37.3 Å². The number of hydrogen-bond donors (Lipinski definition) is 1. The number of aryl methyl sites for hydroxylation is 1. The Labute approximate surface area is 200 Å². The Morgan fingerprint density at radius 3 is 2.15 bits per heavy atom. The van der Waals surface area contributed by atoms with E-state index in [9.17, 15) is 18.3 Å². The fourth-order valence-corrected chi connectivity index (χ4v) is 4.41. The van der Waals surface area contributed by atoms with Gasteiger partial charge in [0.05, 0.1) is 23.2 Å². The predicted molar refractivity (Wildman–Crippen MR) is 130 cm³/mol. The van der Waals surface area contributed by atoms with Gasteiger partial charge < -0.3 is 9.84 Å². The monoisotopic (exact) mass is 480 g/mol. The molecule has 6 nitrogen and oxygen atoms in total. The molecule has 0 amide bonds. The Morgan fingerprint density at radius 1 is 0.971 bits per heavy atom. The van der Waals surface area contributed by atoms with Crippen molar-refractivity contribution in [2.75, 3.05) is 6.61 Å². The Morgan fingerprint density at radius 2 is 1.56 bits per heavy atom. The van der Waals surface area contributed by atoms with E-state index >= 15 is 0 Å². The summed E-state index contributed by atoms with van der Waals surface area (Å²) < 4.78 is 36.0. The molecule has 0 aliphatic carbocycles. The minimum Gasteiger partial charge on any atom is -0.454 e. The molecule has 0 bridgehead atoms. The van der Waals surface area contributed by atoms with Crippen LogP contribution >= 0.6 is 0 Å². The van der Waals surface area contributed by atoms with Gasteiger partial charge in [0.25, 0.3) is 10.1 Å². The summed E-state index contributed by atoms with van der Waals surface area (Å²) in [5.74, 6) is -1.26. The van der Waals surface area contributed by atoms with Crippen LogP contribution in [0.15, 0.2) is 102 Å². The van der Waals surface area contributed by atoms with Crippen LogP contribution in [0.3, 0.4) is 0 Å². The van der Waals surface area contributed by atoms with Crippen LogP contribution in [0, 0.1) is 12.8 Å². The van der Waals surface area contributed by atoms with Gasteiger partial charge in [-0.3, -0.25) is 4.18 Å². The van der Waals surface area contributed by atoms with Gasteiger partial charge in [0.15, 0.2) is 0 Å². The molecule has 3 rings (SSSR count). The molecule has 0 fully saturated rings. The van der Waals surface area contributed by atoms with Gasteiger partial charge in [-0.2, -0.15) is 8.42 Å². The predicted octanol–water partition coefficient (Wildman–Crippen LogP) is 4.33. The minimum absolute atomic E-state index is 0.000635. The molecule has 0 heterocycles. The van der Waals surface area contributed by atoms with Crippen molar-refractivity contribution >= 4 is 16.1 Å². The highest BCUT2D eigenvalue weighted by molar-refractivity contribution is 7.86. The Balaban J connectivity index is 1.78. The molecular weight excluding hydrogens is 452 g/mol. The molecule has 3 aromatic rings. The number of carbonyl (C=O) groups excluding carboxylic acids is 1. The zero-order valence-corrected chi connectivity index (χ0v) is 19.7. The van der Waals surface area contributed by atoms with Gasteiger partial charge >= 0.3 is 5.97 Å². The van der Waals surface area contributed by atoms with E-state index in [1.54, 1.807) is 42.5 Å². The third-order valence-corrected chi connectivity index (χ3v) is 6.71. The van der Waals surface area contributed by atoms with Gasteiger partial charge in [-0.05, 0) is 43.2 Å². The molecule has 0 aromatic heterocycles. The Hall–Kier alpha value is -3.26. The van der Waals surface area contributed by atoms with Crippen LogP contribution in [0.5, 0.6) is 0 Å². The fourth-order valence-electron chi connectivity index (χ4n) is 3.49. The van der Waals surface area contributed by atoms with E-state index in [-0.39, 0.29) is 4.90 Å². The summed E-state index contributed by atoms with van der Waals surface area (Å²) in [5, 5.41) is 11.0. The largest absolute Gasteiger partial charge is 0.454 e. The summed E-state index contributed by atoms with van der Waals surface area (Å²) in [6.45, 7) is 5.12. The maximum Gasteiger partial charge on any atom is 0.338 e. The molecule has 178 valence electrons. The summed E-state index contributed by atoms with van der Waals surface area (Å²) in [6.07, 6.45) is -0.388. The van der Waals surface area contributed by atoms with E-state index in [0.29, 0.717) is 12.0 Å². The molecule has 3 aromatic carbocycles. The molecule has 7 heteroatoms. The lowest BCUT2D eigenvalue weighted by molar-refractivity contribution is -0.0144. The summed E-state index contributed by atoms with van der Waals surface area (Å²) in [5.41, 5.74) is 2.16. The quantitative estimate of drug-likeness (QED) is 0.250. The maximum atomic E-state index is 12.6. The highest BCUT2D eigenvalue weighted by atomic mass is 32.2. The van der Waals surface area contributed by atoms with Crippen LogP contribution in [-0.2, 0) is 25.5 Å². The van der Waals surface area contributed by atoms with Crippen molar-refractivity contribution in [2.24, 2.45) is 5.92 Å². The molecule has 3 atom stereocenters. The number of hydrogen-bond acceptors (Lipinski definition) is 6. The normalized spacial score (nSPS) is 14.1. The van der Waals surface area contributed by atoms with Crippen molar-refractivity contribution in [3.8, 4) is 0 Å². The minimum atomic E-state index is -4.07. The number of carbonyl (C=O) groups is 1. The lowest BCUT2D eigenvalue weighted by Crippen LogP contribution is -2.38. The SMILES string of the molecule is C=C[C@@H](OC(=O)c1ccccc1)[C@H](Cc1ccccc1)[C@H](O)COS(=O)(=O)c1ccc(C)cc1. The lowest BCUT2D eigenvalue weighted by atomic mass is 9.89. The van der Waals surface area contributed by atoms with Crippen molar-refractivity contribution in [2.45, 2.75) is 30.4 Å². The highest BCUT2D eigenvalue weighted by Gasteiger charge is 2.31. The number of aliphatic hydroxyl groups excluding tert-OH is 1. The molecule has 0 aliphatic rings. The summed E-state index contributed by atoms with van der Waals surface area (Å²) in [7, 11) is -4.07. The smallest absolute Gasteiger partial charge is 0.338 e. The van der Waals surface area contributed by atoms with E-state index in [2.05, 4.69) is 6.58 Å². The van der Waals surface area contributed by atoms with Crippen LogP contribution in [0.1, 0.15) is 21.5 Å². The van der Waals surface area contributed by atoms with Crippen molar-refractivity contribution in [1.82, 2.24) is 0 Å². The lowest BCUT2D eigenvalue weighted by Gasteiger charge is -2.29. The second-order valence-electron chi connectivity index (χ2n) is 7.94. The van der Waals surface area contributed by atoms with E-state index in [0.717, 1.165) is 11.1 Å². The van der Waals surface area contributed by atoms with Crippen molar-refractivity contribution in [3.05, 3.63) is 114 Å². The van der Waals surface area contributed by atoms with E-state index < -0.39 is 40.8 Å². The summed E-state index contributed by atoms with van der Waals surface area (Å²) >= 11 is 0. The topological polar surface area (TPSA) is 89.9 Å². The standard InChI is InChI=1S/C27H28O6S/c1-3-26(33-27(29)22-12-8-5-9-13-22)24(18-21-10-6-4-7-11-21)25(28)19-32-34(30,31)23-16-14-20(2)15-17-23/h3-17,24-26,28H,1,18-19H2,2H3/t24-,25-,26-/m1/s1. The van der Waals surface area contributed by atoms with Crippen LogP contribution in [0.4, 0.5) is 0 Å². The molecule has 0 saturated carbocycles. The number of aliphatic hydroxyl groups is 1.